The quantitative estimate of drug-likeness (QED) is 0.739. The Bertz CT molecular complexity index is 436. The Kier molecular flexibility index (Phi) is 2.56. The molecule has 1 aliphatic rings. The topological polar surface area (TPSA) is 46.7 Å². The SMILES string of the molecule is CC(C)C1OC1S(=O)(=O)c1ccccc1. The predicted molar refractivity (Wildman–Crippen MR) is 57.1 cm³/mol. The van der Waals surface area contributed by atoms with E-state index in [9.17, 15) is 8.42 Å². The van der Waals surface area contributed by atoms with Gasteiger partial charge in [-0.05, 0) is 18.1 Å². The Labute approximate surface area is 90.0 Å². The minimum atomic E-state index is -3.28. The molecule has 1 saturated heterocycles. The summed E-state index contributed by atoms with van der Waals surface area (Å²) in [5.74, 6) is 0.244. The van der Waals surface area contributed by atoms with Crippen molar-refractivity contribution in [2.75, 3.05) is 0 Å². The lowest BCUT2D eigenvalue weighted by molar-refractivity contribution is 0.348. The number of sulfone groups is 1. The van der Waals surface area contributed by atoms with Gasteiger partial charge in [0.2, 0.25) is 9.84 Å². The van der Waals surface area contributed by atoms with Gasteiger partial charge in [-0.2, -0.15) is 0 Å². The minimum absolute atomic E-state index is 0.143. The van der Waals surface area contributed by atoms with Gasteiger partial charge in [-0.15, -0.1) is 0 Å². The summed E-state index contributed by atoms with van der Waals surface area (Å²) in [6, 6.07) is 8.45. The molecule has 0 aromatic heterocycles. The predicted octanol–water partition coefficient (Wildman–Crippen LogP) is 1.84. The Morgan fingerprint density at radius 2 is 1.80 bits per heavy atom. The first-order chi connectivity index (χ1) is 7.03. The van der Waals surface area contributed by atoms with Crippen molar-refractivity contribution in [2.45, 2.75) is 30.3 Å². The van der Waals surface area contributed by atoms with Crippen LogP contribution >= 0.6 is 0 Å². The molecule has 0 radical (unpaired) electrons. The summed E-state index contributed by atoms with van der Waals surface area (Å²) in [5, 5.41) is 0. The van der Waals surface area contributed by atoms with E-state index in [0.29, 0.717) is 4.90 Å². The van der Waals surface area contributed by atoms with E-state index in [2.05, 4.69) is 0 Å². The molecule has 4 heteroatoms. The number of epoxide rings is 1. The largest absolute Gasteiger partial charge is 0.352 e. The molecule has 0 bridgehead atoms. The third-order valence-corrected chi connectivity index (χ3v) is 4.44. The minimum Gasteiger partial charge on any atom is -0.352 e. The fraction of sp³-hybridized carbons (Fsp3) is 0.455. The maximum absolute atomic E-state index is 12.0. The molecule has 0 amide bonds. The molecule has 0 spiro atoms. The van der Waals surface area contributed by atoms with E-state index in [1.807, 2.05) is 13.8 Å². The van der Waals surface area contributed by atoms with Gasteiger partial charge >= 0.3 is 0 Å². The Hall–Kier alpha value is -0.870. The molecule has 0 N–H and O–H groups in total. The summed E-state index contributed by atoms with van der Waals surface area (Å²) < 4.78 is 29.2. The maximum Gasteiger partial charge on any atom is 0.207 e. The summed E-state index contributed by atoms with van der Waals surface area (Å²) in [6.45, 7) is 3.93. The molecule has 3 nitrogen and oxygen atoms in total. The molecule has 2 atom stereocenters. The van der Waals surface area contributed by atoms with Crippen LogP contribution in [0.2, 0.25) is 0 Å². The third kappa shape index (κ3) is 1.92. The Balaban J connectivity index is 2.24. The molecule has 2 rings (SSSR count). The van der Waals surface area contributed by atoms with E-state index in [1.165, 1.54) is 0 Å². The fourth-order valence-corrected chi connectivity index (χ4v) is 3.32. The first kappa shape index (κ1) is 10.6. The van der Waals surface area contributed by atoms with Gasteiger partial charge in [-0.1, -0.05) is 32.0 Å². The van der Waals surface area contributed by atoms with Crippen LogP contribution in [0, 0.1) is 5.92 Å². The van der Waals surface area contributed by atoms with Crippen LogP contribution < -0.4 is 0 Å². The van der Waals surface area contributed by atoms with Crippen LogP contribution in [0.25, 0.3) is 0 Å². The molecule has 0 saturated carbocycles. The van der Waals surface area contributed by atoms with Crippen molar-refractivity contribution in [3.05, 3.63) is 30.3 Å². The number of hydrogen-bond donors (Lipinski definition) is 0. The van der Waals surface area contributed by atoms with E-state index in [1.54, 1.807) is 30.3 Å². The molecule has 15 heavy (non-hydrogen) atoms. The molecule has 1 aromatic rings. The highest BCUT2D eigenvalue weighted by Crippen LogP contribution is 2.36. The second-order valence-electron chi connectivity index (χ2n) is 4.07. The fourth-order valence-electron chi connectivity index (χ4n) is 1.57. The molecule has 1 heterocycles. The third-order valence-electron chi connectivity index (χ3n) is 2.52. The van der Waals surface area contributed by atoms with Crippen molar-refractivity contribution >= 4 is 9.84 Å². The average molecular weight is 226 g/mol. The van der Waals surface area contributed by atoms with Crippen LogP contribution in [0.4, 0.5) is 0 Å². The van der Waals surface area contributed by atoms with E-state index in [-0.39, 0.29) is 12.0 Å². The van der Waals surface area contributed by atoms with Gasteiger partial charge in [-0.3, -0.25) is 0 Å². The number of rotatable bonds is 3. The van der Waals surface area contributed by atoms with Gasteiger partial charge in [0, 0.05) is 0 Å². The van der Waals surface area contributed by atoms with Crippen molar-refractivity contribution in [2.24, 2.45) is 5.92 Å². The van der Waals surface area contributed by atoms with Crippen molar-refractivity contribution in [1.29, 1.82) is 0 Å². The molecule has 1 fully saturated rings. The summed E-state index contributed by atoms with van der Waals surface area (Å²) in [6.07, 6.45) is -0.143. The molecule has 1 aliphatic heterocycles. The highest BCUT2D eigenvalue weighted by molar-refractivity contribution is 7.92. The van der Waals surface area contributed by atoms with Crippen molar-refractivity contribution in [3.8, 4) is 0 Å². The zero-order valence-electron chi connectivity index (χ0n) is 8.75. The lowest BCUT2D eigenvalue weighted by Gasteiger charge is -2.01. The van der Waals surface area contributed by atoms with Gasteiger partial charge < -0.3 is 4.74 Å². The number of benzene rings is 1. The zero-order valence-corrected chi connectivity index (χ0v) is 9.57. The summed E-state index contributed by atoms with van der Waals surface area (Å²) in [4.78, 5) is 0.346. The van der Waals surface area contributed by atoms with Crippen LogP contribution in [0.1, 0.15) is 13.8 Å². The first-order valence-corrected chi connectivity index (χ1v) is 6.52. The number of hydrogen-bond acceptors (Lipinski definition) is 3. The summed E-state index contributed by atoms with van der Waals surface area (Å²) in [7, 11) is -3.28. The van der Waals surface area contributed by atoms with E-state index < -0.39 is 15.3 Å². The summed E-state index contributed by atoms with van der Waals surface area (Å²) >= 11 is 0. The normalized spacial score (nSPS) is 25.5. The molecule has 82 valence electrons. The van der Waals surface area contributed by atoms with E-state index >= 15 is 0 Å². The van der Waals surface area contributed by atoms with Crippen molar-refractivity contribution in [1.82, 2.24) is 0 Å². The second-order valence-corrected chi connectivity index (χ2v) is 6.10. The van der Waals surface area contributed by atoms with Crippen LogP contribution in [0.5, 0.6) is 0 Å². The molecule has 1 aromatic carbocycles. The average Bonchev–Trinajstić information content (AvgIpc) is 2.99. The molecule has 2 unspecified atom stereocenters. The Morgan fingerprint density at radius 3 is 2.27 bits per heavy atom. The van der Waals surface area contributed by atoms with Crippen LogP contribution in [-0.2, 0) is 14.6 Å². The van der Waals surface area contributed by atoms with Crippen molar-refractivity contribution < 1.29 is 13.2 Å². The standard InChI is InChI=1S/C11H14O3S/c1-8(2)10-11(14-10)15(12,13)9-6-4-3-5-7-9/h3-8,10-11H,1-2H3. The second kappa shape index (κ2) is 3.61. The monoisotopic (exact) mass is 226 g/mol. The van der Waals surface area contributed by atoms with Gasteiger partial charge in [0.15, 0.2) is 5.44 Å². The van der Waals surface area contributed by atoms with Crippen LogP contribution in [-0.4, -0.2) is 20.0 Å². The smallest absolute Gasteiger partial charge is 0.207 e. The van der Waals surface area contributed by atoms with E-state index in [4.69, 9.17) is 4.74 Å². The number of ether oxygens (including phenoxy) is 1. The highest BCUT2D eigenvalue weighted by Gasteiger charge is 2.51. The van der Waals surface area contributed by atoms with E-state index in [0.717, 1.165) is 0 Å². The summed E-state index contributed by atoms with van der Waals surface area (Å²) in [5.41, 5.74) is -0.639. The lowest BCUT2D eigenvalue weighted by Crippen LogP contribution is -2.13. The maximum atomic E-state index is 12.0. The van der Waals surface area contributed by atoms with Gasteiger partial charge in [0.25, 0.3) is 0 Å². The lowest BCUT2D eigenvalue weighted by atomic mass is 10.2. The van der Waals surface area contributed by atoms with Crippen molar-refractivity contribution in [3.63, 3.8) is 0 Å². The highest BCUT2D eigenvalue weighted by atomic mass is 32.2. The molecular formula is C11H14O3S. The zero-order chi connectivity index (χ0) is 11.1. The van der Waals surface area contributed by atoms with Gasteiger partial charge in [0.1, 0.15) is 6.10 Å². The Morgan fingerprint density at radius 1 is 1.20 bits per heavy atom. The van der Waals surface area contributed by atoms with Crippen LogP contribution in [0.15, 0.2) is 35.2 Å². The molecular weight excluding hydrogens is 212 g/mol. The first-order valence-electron chi connectivity index (χ1n) is 4.98. The van der Waals surface area contributed by atoms with Crippen LogP contribution in [0.3, 0.4) is 0 Å². The van der Waals surface area contributed by atoms with Gasteiger partial charge in [-0.25, -0.2) is 8.42 Å². The molecule has 0 aliphatic carbocycles. The van der Waals surface area contributed by atoms with Gasteiger partial charge in [0.05, 0.1) is 4.90 Å².